The predicted molar refractivity (Wildman–Crippen MR) is 107 cm³/mol. The number of ether oxygens (including phenoxy) is 1. The van der Waals surface area contributed by atoms with Crippen molar-refractivity contribution >= 4 is 21.6 Å². The molecule has 25 heavy (non-hydrogen) atoms. The van der Waals surface area contributed by atoms with Crippen molar-refractivity contribution in [1.82, 2.24) is 0 Å². The summed E-state index contributed by atoms with van der Waals surface area (Å²) in [5, 5.41) is 0. The Bertz CT molecular complexity index is 814. The molecule has 0 bridgehead atoms. The van der Waals surface area contributed by atoms with E-state index >= 15 is 0 Å². The molecule has 1 aliphatic carbocycles. The van der Waals surface area contributed by atoms with E-state index in [2.05, 4.69) is 52.8 Å². The van der Waals surface area contributed by atoms with E-state index in [0.717, 1.165) is 31.6 Å². The second kappa shape index (κ2) is 6.80. The number of aliphatic imine (C=N–C) groups is 1. The maximum Gasteiger partial charge on any atom is 0.120 e. The van der Waals surface area contributed by atoms with Crippen LogP contribution >= 0.6 is 15.9 Å². The Hall–Kier alpha value is -1.87. The average molecular weight is 396 g/mol. The van der Waals surface area contributed by atoms with Crippen molar-refractivity contribution in [3.8, 4) is 5.75 Å². The second-order valence-electron chi connectivity index (χ2n) is 6.86. The lowest BCUT2D eigenvalue weighted by atomic mass is 9.66. The summed E-state index contributed by atoms with van der Waals surface area (Å²) in [5.74, 6) is 0.935. The molecule has 0 N–H and O–H groups in total. The topological polar surface area (TPSA) is 21.6 Å². The van der Waals surface area contributed by atoms with Crippen molar-refractivity contribution in [3.63, 3.8) is 0 Å². The lowest BCUT2D eigenvalue weighted by Gasteiger charge is -2.39. The maximum atomic E-state index is 6.08. The lowest BCUT2D eigenvalue weighted by molar-refractivity contribution is 0.305. The van der Waals surface area contributed by atoms with Crippen molar-refractivity contribution in [2.45, 2.75) is 36.1 Å². The Morgan fingerprint density at radius 1 is 1.24 bits per heavy atom. The molecule has 0 saturated heterocycles. The van der Waals surface area contributed by atoms with Crippen LogP contribution in [0.3, 0.4) is 0 Å². The Balaban J connectivity index is 1.67. The van der Waals surface area contributed by atoms with Crippen molar-refractivity contribution in [2.75, 3.05) is 6.54 Å². The van der Waals surface area contributed by atoms with E-state index in [0.29, 0.717) is 11.4 Å². The van der Waals surface area contributed by atoms with Gasteiger partial charge in [0.2, 0.25) is 0 Å². The SMILES string of the molecule is C=CCC12CCN=C1C(Br)Cc1ccc(OCc3ccccc3)cc12. The maximum absolute atomic E-state index is 6.08. The van der Waals surface area contributed by atoms with Gasteiger partial charge in [-0.15, -0.1) is 6.58 Å². The Morgan fingerprint density at radius 3 is 2.88 bits per heavy atom. The number of nitrogens with zero attached hydrogens (tertiary/aromatic N) is 1. The van der Waals surface area contributed by atoms with Gasteiger partial charge in [-0.1, -0.05) is 58.4 Å². The number of hydrogen-bond donors (Lipinski definition) is 0. The van der Waals surface area contributed by atoms with E-state index in [4.69, 9.17) is 9.73 Å². The molecular formula is C22H22BrNO. The molecular weight excluding hydrogens is 374 g/mol. The molecule has 0 amide bonds. The molecule has 1 heterocycles. The first-order chi connectivity index (χ1) is 12.2. The summed E-state index contributed by atoms with van der Waals surface area (Å²) < 4.78 is 6.08. The molecule has 128 valence electrons. The van der Waals surface area contributed by atoms with E-state index in [-0.39, 0.29) is 5.41 Å². The Labute approximate surface area is 157 Å². The number of hydrogen-bond acceptors (Lipinski definition) is 2. The van der Waals surface area contributed by atoms with Crippen LogP contribution in [-0.4, -0.2) is 17.1 Å². The first-order valence-electron chi connectivity index (χ1n) is 8.83. The predicted octanol–water partition coefficient (Wildman–Crippen LogP) is 5.24. The number of halogens is 1. The fourth-order valence-corrected chi connectivity index (χ4v) is 5.11. The van der Waals surface area contributed by atoms with E-state index in [1.54, 1.807) is 0 Å². The van der Waals surface area contributed by atoms with Gasteiger partial charge in [-0.25, -0.2) is 0 Å². The van der Waals surface area contributed by atoms with E-state index in [1.807, 2.05) is 24.3 Å². The average Bonchev–Trinajstić information content (AvgIpc) is 3.07. The van der Waals surface area contributed by atoms with Crippen LogP contribution in [0.25, 0.3) is 0 Å². The van der Waals surface area contributed by atoms with Gasteiger partial charge in [-0.05, 0) is 48.1 Å². The lowest BCUT2D eigenvalue weighted by Crippen LogP contribution is -2.43. The first-order valence-corrected chi connectivity index (χ1v) is 9.74. The van der Waals surface area contributed by atoms with Crippen molar-refractivity contribution < 1.29 is 4.74 Å². The molecule has 3 heteroatoms. The number of rotatable bonds is 5. The molecule has 2 unspecified atom stereocenters. The molecule has 2 nitrogen and oxygen atoms in total. The van der Waals surface area contributed by atoms with Gasteiger partial charge >= 0.3 is 0 Å². The molecule has 0 spiro atoms. The highest BCUT2D eigenvalue weighted by Crippen LogP contribution is 2.47. The van der Waals surface area contributed by atoms with Crippen LogP contribution in [0.1, 0.15) is 29.5 Å². The van der Waals surface area contributed by atoms with Gasteiger partial charge in [0.15, 0.2) is 0 Å². The van der Waals surface area contributed by atoms with Crippen molar-refractivity contribution in [1.29, 1.82) is 0 Å². The third kappa shape index (κ3) is 2.95. The number of alkyl halides is 1. The summed E-state index contributed by atoms with van der Waals surface area (Å²) in [6.07, 6.45) is 5.02. The Morgan fingerprint density at radius 2 is 2.08 bits per heavy atom. The second-order valence-corrected chi connectivity index (χ2v) is 7.96. The molecule has 4 rings (SSSR count). The zero-order valence-corrected chi connectivity index (χ0v) is 15.8. The number of benzene rings is 2. The standard InChI is InChI=1S/C22H22BrNO/c1-2-10-22-11-12-24-21(22)20(23)13-17-8-9-18(14-19(17)22)25-15-16-6-4-3-5-7-16/h2-9,14,20H,1,10-13,15H2. The monoisotopic (exact) mass is 395 g/mol. The summed E-state index contributed by atoms with van der Waals surface area (Å²) in [7, 11) is 0. The molecule has 0 fully saturated rings. The van der Waals surface area contributed by atoms with Gasteiger partial charge < -0.3 is 4.74 Å². The van der Waals surface area contributed by atoms with E-state index in [1.165, 1.54) is 22.4 Å². The number of fused-ring (bicyclic) bond motifs is 3. The number of allylic oxidation sites excluding steroid dienone is 1. The minimum atomic E-state index is -0.00435. The van der Waals surface area contributed by atoms with Crippen LogP contribution in [0.2, 0.25) is 0 Å². The minimum absolute atomic E-state index is 0.00435. The molecule has 0 saturated carbocycles. The zero-order chi connectivity index (χ0) is 17.3. The van der Waals surface area contributed by atoms with Crippen LogP contribution in [0.15, 0.2) is 66.2 Å². The van der Waals surface area contributed by atoms with E-state index in [9.17, 15) is 0 Å². The Kier molecular flexibility index (Phi) is 4.51. The zero-order valence-electron chi connectivity index (χ0n) is 14.2. The van der Waals surface area contributed by atoms with Crippen LogP contribution in [0.5, 0.6) is 5.75 Å². The minimum Gasteiger partial charge on any atom is -0.489 e. The van der Waals surface area contributed by atoms with E-state index < -0.39 is 0 Å². The highest BCUT2D eigenvalue weighted by molar-refractivity contribution is 9.10. The third-order valence-electron chi connectivity index (χ3n) is 5.34. The van der Waals surface area contributed by atoms with Crippen LogP contribution < -0.4 is 4.74 Å². The third-order valence-corrected chi connectivity index (χ3v) is 6.10. The fraction of sp³-hybridized carbons (Fsp3) is 0.318. The van der Waals surface area contributed by atoms with Gasteiger partial charge in [0.25, 0.3) is 0 Å². The molecule has 2 aromatic carbocycles. The molecule has 0 aromatic heterocycles. The normalized spacial score (nSPS) is 24.2. The van der Waals surface area contributed by atoms with Gasteiger partial charge in [-0.2, -0.15) is 0 Å². The summed E-state index contributed by atoms with van der Waals surface area (Å²) in [6, 6.07) is 16.9. The van der Waals surface area contributed by atoms with Crippen molar-refractivity contribution in [3.05, 3.63) is 77.9 Å². The van der Waals surface area contributed by atoms with Crippen LogP contribution in [0.4, 0.5) is 0 Å². The highest BCUT2D eigenvalue weighted by Gasteiger charge is 2.46. The largest absolute Gasteiger partial charge is 0.489 e. The molecule has 0 radical (unpaired) electrons. The quantitative estimate of drug-likeness (QED) is 0.500. The molecule has 1 aliphatic heterocycles. The highest BCUT2D eigenvalue weighted by atomic mass is 79.9. The fourth-order valence-electron chi connectivity index (χ4n) is 4.18. The first kappa shape index (κ1) is 16.6. The van der Waals surface area contributed by atoms with Crippen LogP contribution in [0, 0.1) is 0 Å². The van der Waals surface area contributed by atoms with Gasteiger partial charge in [0, 0.05) is 17.7 Å². The summed E-state index contributed by atoms with van der Waals surface area (Å²) in [4.78, 5) is 5.16. The molecule has 2 aromatic rings. The van der Waals surface area contributed by atoms with Gasteiger partial charge in [0.05, 0.1) is 4.83 Å². The summed E-state index contributed by atoms with van der Waals surface area (Å²) >= 11 is 3.85. The molecule has 2 atom stereocenters. The van der Waals surface area contributed by atoms with Gasteiger partial charge in [0.1, 0.15) is 12.4 Å². The summed E-state index contributed by atoms with van der Waals surface area (Å²) in [6.45, 7) is 5.50. The van der Waals surface area contributed by atoms with Crippen LogP contribution in [-0.2, 0) is 18.4 Å². The summed E-state index contributed by atoms with van der Waals surface area (Å²) in [5.41, 5.74) is 5.25. The smallest absolute Gasteiger partial charge is 0.120 e. The van der Waals surface area contributed by atoms with Gasteiger partial charge in [-0.3, -0.25) is 4.99 Å². The molecule has 2 aliphatic rings. The van der Waals surface area contributed by atoms with Crippen molar-refractivity contribution in [2.24, 2.45) is 4.99 Å².